The second-order valence-electron chi connectivity index (χ2n) is 5.77. The summed E-state index contributed by atoms with van der Waals surface area (Å²) in [7, 11) is 0. The third-order valence-corrected chi connectivity index (χ3v) is 4.50. The molecule has 2 N–H and O–H groups in total. The van der Waals surface area contributed by atoms with Crippen LogP contribution in [0, 0.1) is 5.92 Å². The summed E-state index contributed by atoms with van der Waals surface area (Å²) in [5.74, 6) is 2.59. The van der Waals surface area contributed by atoms with Gasteiger partial charge < -0.3 is 10.3 Å². The van der Waals surface area contributed by atoms with E-state index in [2.05, 4.69) is 30.9 Å². The summed E-state index contributed by atoms with van der Waals surface area (Å²) < 4.78 is 5.35. The van der Waals surface area contributed by atoms with Gasteiger partial charge in [-0.25, -0.2) is 0 Å². The second-order valence-corrected chi connectivity index (χ2v) is 5.77. The van der Waals surface area contributed by atoms with E-state index in [4.69, 9.17) is 10.3 Å². The van der Waals surface area contributed by atoms with Crippen LogP contribution in [0.3, 0.4) is 0 Å². The molecule has 4 nitrogen and oxygen atoms in total. The van der Waals surface area contributed by atoms with Gasteiger partial charge in [0.1, 0.15) is 0 Å². The van der Waals surface area contributed by atoms with Crippen LogP contribution in [0.15, 0.2) is 4.52 Å². The zero-order valence-electron chi connectivity index (χ0n) is 11.8. The highest BCUT2D eigenvalue weighted by atomic mass is 16.5. The Morgan fingerprint density at radius 1 is 1.39 bits per heavy atom. The first kappa shape index (κ1) is 13.5. The van der Waals surface area contributed by atoms with E-state index >= 15 is 0 Å². The largest absolute Gasteiger partial charge is 0.339 e. The van der Waals surface area contributed by atoms with E-state index in [1.165, 1.54) is 19.3 Å². The molecule has 2 rings (SSSR count). The first-order chi connectivity index (χ1) is 8.59. The molecule has 0 saturated heterocycles. The maximum absolute atomic E-state index is 6.47. The van der Waals surface area contributed by atoms with Crippen molar-refractivity contribution in [1.29, 1.82) is 0 Å². The van der Waals surface area contributed by atoms with Gasteiger partial charge in [-0.05, 0) is 38.0 Å². The monoisotopic (exact) mass is 251 g/mol. The highest BCUT2D eigenvalue weighted by Crippen LogP contribution is 2.37. The molecular formula is C14H25N3O. The zero-order chi connectivity index (χ0) is 13.2. The number of hydrogen-bond donors (Lipinski definition) is 1. The molecule has 1 aromatic heterocycles. The smallest absolute Gasteiger partial charge is 0.229 e. The van der Waals surface area contributed by atoms with E-state index in [1.54, 1.807) is 0 Å². The molecule has 0 radical (unpaired) electrons. The summed E-state index contributed by atoms with van der Waals surface area (Å²) in [6.07, 6.45) is 6.58. The van der Waals surface area contributed by atoms with Crippen LogP contribution in [0.2, 0.25) is 0 Å². The fourth-order valence-electron chi connectivity index (χ4n) is 2.64. The number of nitrogens with two attached hydrogens (primary N) is 1. The summed E-state index contributed by atoms with van der Waals surface area (Å²) in [5, 5.41) is 4.12. The van der Waals surface area contributed by atoms with E-state index in [0.717, 1.165) is 31.1 Å². The summed E-state index contributed by atoms with van der Waals surface area (Å²) in [6, 6.07) is 0. The molecule has 1 saturated carbocycles. The van der Waals surface area contributed by atoms with Gasteiger partial charge in [0.05, 0.1) is 5.54 Å². The maximum Gasteiger partial charge on any atom is 0.229 e. The van der Waals surface area contributed by atoms with Gasteiger partial charge in [-0.15, -0.1) is 0 Å². The van der Waals surface area contributed by atoms with Crippen LogP contribution in [0.5, 0.6) is 0 Å². The average Bonchev–Trinajstić information content (AvgIpc) is 2.89. The van der Waals surface area contributed by atoms with Crippen LogP contribution in [-0.2, 0) is 5.54 Å². The number of rotatable bonds is 4. The molecule has 0 spiro atoms. The minimum absolute atomic E-state index is 0.321. The molecule has 1 atom stereocenters. The van der Waals surface area contributed by atoms with Gasteiger partial charge in [-0.2, -0.15) is 4.98 Å². The molecule has 1 fully saturated rings. The topological polar surface area (TPSA) is 64.9 Å². The molecule has 0 aliphatic heterocycles. The number of hydrogen-bond acceptors (Lipinski definition) is 4. The van der Waals surface area contributed by atoms with Crippen molar-refractivity contribution in [3.63, 3.8) is 0 Å². The van der Waals surface area contributed by atoms with Gasteiger partial charge in [0.15, 0.2) is 5.82 Å². The molecule has 0 amide bonds. The summed E-state index contributed by atoms with van der Waals surface area (Å²) in [4.78, 5) is 4.52. The van der Waals surface area contributed by atoms with E-state index < -0.39 is 0 Å². The lowest BCUT2D eigenvalue weighted by Gasteiger charge is -2.34. The molecular weight excluding hydrogens is 226 g/mol. The lowest BCUT2D eigenvalue weighted by atomic mass is 9.76. The van der Waals surface area contributed by atoms with Crippen LogP contribution in [0.1, 0.15) is 76.9 Å². The van der Waals surface area contributed by atoms with Gasteiger partial charge in [-0.1, -0.05) is 32.3 Å². The van der Waals surface area contributed by atoms with Crippen molar-refractivity contribution in [2.75, 3.05) is 0 Å². The Morgan fingerprint density at radius 2 is 2.06 bits per heavy atom. The van der Waals surface area contributed by atoms with Crippen molar-refractivity contribution in [2.45, 2.75) is 70.8 Å². The molecule has 4 heteroatoms. The zero-order valence-corrected chi connectivity index (χ0v) is 11.8. The standard InChI is InChI=1S/C14H25N3O/c1-4-10(3)12-16-13(17-18-12)14(15)8-6-11(5-2)7-9-14/h10-11H,4-9,15H2,1-3H3. The predicted molar refractivity (Wildman–Crippen MR) is 71.1 cm³/mol. The van der Waals surface area contributed by atoms with Crippen LogP contribution in [-0.4, -0.2) is 10.1 Å². The number of aromatic nitrogens is 2. The molecule has 0 aromatic carbocycles. The maximum atomic E-state index is 6.47. The highest BCUT2D eigenvalue weighted by molar-refractivity contribution is 5.07. The lowest BCUT2D eigenvalue weighted by molar-refractivity contribution is 0.216. The Balaban J connectivity index is 2.09. The third-order valence-electron chi connectivity index (χ3n) is 4.50. The van der Waals surface area contributed by atoms with Gasteiger partial charge >= 0.3 is 0 Å². The van der Waals surface area contributed by atoms with Crippen LogP contribution < -0.4 is 5.73 Å². The Labute approximate surface area is 109 Å². The molecule has 18 heavy (non-hydrogen) atoms. The molecule has 1 aliphatic rings. The fourth-order valence-corrected chi connectivity index (χ4v) is 2.64. The van der Waals surface area contributed by atoms with E-state index in [1.807, 2.05) is 0 Å². The number of nitrogens with zero attached hydrogens (tertiary/aromatic N) is 2. The first-order valence-corrected chi connectivity index (χ1v) is 7.22. The predicted octanol–water partition coefficient (Wildman–Crippen LogP) is 3.34. The quantitative estimate of drug-likeness (QED) is 0.891. The Bertz CT molecular complexity index is 380. The minimum atomic E-state index is -0.360. The minimum Gasteiger partial charge on any atom is -0.339 e. The highest BCUT2D eigenvalue weighted by Gasteiger charge is 2.37. The Kier molecular flexibility index (Phi) is 4.05. The molecule has 1 heterocycles. The van der Waals surface area contributed by atoms with Crippen molar-refractivity contribution in [3.8, 4) is 0 Å². The van der Waals surface area contributed by atoms with Gasteiger partial charge in [-0.3, -0.25) is 0 Å². The molecule has 1 unspecified atom stereocenters. The third kappa shape index (κ3) is 2.58. The van der Waals surface area contributed by atoms with Gasteiger partial charge in [0.25, 0.3) is 0 Å². The van der Waals surface area contributed by atoms with Gasteiger partial charge in [0.2, 0.25) is 5.89 Å². The molecule has 102 valence electrons. The first-order valence-electron chi connectivity index (χ1n) is 7.22. The van der Waals surface area contributed by atoms with E-state index in [0.29, 0.717) is 11.7 Å². The van der Waals surface area contributed by atoms with Crippen molar-refractivity contribution in [3.05, 3.63) is 11.7 Å². The Morgan fingerprint density at radius 3 is 2.61 bits per heavy atom. The van der Waals surface area contributed by atoms with Crippen molar-refractivity contribution in [2.24, 2.45) is 11.7 Å². The lowest BCUT2D eigenvalue weighted by Crippen LogP contribution is -2.41. The van der Waals surface area contributed by atoms with Crippen LogP contribution >= 0.6 is 0 Å². The van der Waals surface area contributed by atoms with Gasteiger partial charge in [0, 0.05) is 5.92 Å². The summed E-state index contributed by atoms with van der Waals surface area (Å²) in [6.45, 7) is 6.48. The molecule has 1 aliphatic carbocycles. The SMILES string of the molecule is CCC1CCC(N)(c2noc(C(C)CC)n2)CC1. The normalized spacial score (nSPS) is 30.3. The van der Waals surface area contributed by atoms with E-state index in [9.17, 15) is 0 Å². The summed E-state index contributed by atoms with van der Waals surface area (Å²) >= 11 is 0. The van der Waals surface area contributed by atoms with Crippen molar-refractivity contribution >= 4 is 0 Å². The Hall–Kier alpha value is -0.900. The summed E-state index contributed by atoms with van der Waals surface area (Å²) in [5.41, 5.74) is 6.11. The van der Waals surface area contributed by atoms with Crippen molar-refractivity contribution < 1.29 is 4.52 Å². The van der Waals surface area contributed by atoms with Crippen molar-refractivity contribution in [1.82, 2.24) is 10.1 Å². The fraction of sp³-hybridized carbons (Fsp3) is 0.857. The molecule has 1 aromatic rings. The van der Waals surface area contributed by atoms with Crippen LogP contribution in [0.4, 0.5) is 0 Å². The van der Waals surface area contributed by atoms with Crippen LogP contribution in [0.25, 0.3) is 0 Å². The molecule has 0 bridgehead atoms. The van der Waals surface area contributed by atoms with E-state index in [-0.39, 0.29) is 5.54 Å². The second kappa shape index (κ2) is 5.39. The average molecular weight is 251 g/mol.